The van der Waals surface area contributed by atoms with Crippen LogP contribution in [0.5, 0.6) is 0 Å². The molecule has 9 heterocycles. The highest BCUT2D eigenvalue weighted by atomic mass is 32.1. The van der Waals surface area contributed by atoms with Gasteiger partial charge in [0.1, 0.15) is 44.7 Å². The largest absolute Gasteiger partial charge is 0.456 e. The number of rotatable bonds is 10. The molecule has 0 fully saturated rings. The summed E-state index contributed by atoms with van der Waals surface area (Å²) in [4.78, 5) is 0. The lowest BCUT2D eigenvalue weighted by Gasteiger charge is -2.08. The summed E-state index contributed by atoms with van der Waals surface area (Å²) >= 11 is 9.43. The van der Waals surface area contributed by atoms with E-state index < -0.39 is 0 Å². The van der Waals surface area contributed by atoms with Crippen LogP contribution < -0.4 is 0 Å². The maximum absolute atomic E-state index is 6.99. The molecule has 141 heavy (non-hydrogen) atoms. The molecule has 31 aromatic rings. The number of thiophene rings is 5. The van der Waals surface area contributed by atoms with Crippen LogP contribution in [0.1, 0.15) is 0 Å². The molecule has 0 amide bonds. The lowest BCUT2D eigenvalue weighted by molar-refractivity contribution is 0.669. The van der Waals surface area contributed by atoms with Gasteiger partial charge < -0.3 is 17.7 Å². The van der Waals surface area contributed by atoms with Crippen LogP contribution in [0.3, 0.4) is 0 Å². The fraction of sp³-hybridized carbons (Fsp3) is 0. The van der Waals surface area contributed by atoms with Crippen molar-refractivity contribution < 1.29 is 17.7 Å². The highest BCUT2D eigenvalue weighted by Gasteiger charge is 2.26. The minimum Gasteiger partial charge on any atom is -0.456 e. The van der Waals surface area contributed by atoms with Crippen LogP contribution in [0.15, 0.2) is 479 Å². The highest BCUT2D eigenvalue weighted by Crippen LogP contribution is 2.54. The van der Waals surface area contributed by atoms with Crippen molar-refractivity contribution >= 4 is 245 Å². The van der Waals surface area contributed by atoms with Crippen LogP contribution in [0.2, 0.25) is 0 Å². The topological polar surface area (TPSA) is 52.6 Å². The lowest BCUT2D eigenvalue weighted by atomic mass is 9.96. The van der Waals surface area contributed by atoms with Gasteiger partial charge in [-0.1, -0.05) is 400 Å². The summed E-state index contributed by atoms with van der Waals surface area (Å²) < 4.78 is 39.2. The highest BCUT2D eigenvalue weighted by molar-refractivity contribution is 7.28. The second-order valence-corrected chi connectivity index (χ2v) is 41.6. The molecule has 0 N–H and O–H groups in total. The summed E-state index contributed by atoms with van der Waals surface area (Å²) in [6.45, 7) is 0. The molecule has 0 unspecified atom stereocenters. The van der Waals surface area contributed by atoms with Gasteiger partial charge in [-0.25, -0.2) is 0 Å². The molecule has 9 aromatic heterocycles. The lowest BCUT2D eigenvalue weighted by Crippen LogP contribution is -1.83. The zero-order valence-electron chi connectivity index (χ0n) is 75.6. The van der Waals surface area contributed by atoms with Gasteiger partial charge in [0.25, 0.3) is 0 Å². The minimum absolute atomic E-state index is 0.917. The van der Waals surface area contributed by atoms with E-state index in [1.165, 1.54) is 173 Å². The van der Waals surface area contributed by atoms with Crippen molar-refractivity contribution in [2.45, 2.75) is 0 Å². The van der Waals surface area contributed by atoms with Gasteiger partial charge >= 0.3 is 0 Å². The van der Waals surface area contributed by atoms with E-state index >= 15 is 0 Å². The summed E-state index contributed by atoms with van der Waals surface area (Å²) in [5.41, 5.74) is 31.5. The number of fused-ring (bicyclic) bond motifs is 27. The average Bonchev–Trinajstić information content (AvgIpc) is 1.58. The van der Waals surface area contributed by atoms with Crippen molar-refractivity contribution in [3.8, 4) is 111 Å². The summed E-state index contributed by atoms with van der Waals surface area (Å²) in [6, 6.07) is 166. The number of benzene rings is 22. The smallest absolute Gasteiger partial charge is 0.143 e. The predicted octanol–water partition coefficient (Wildman–Crippen LogP) is 41.2. The van der Waals surface area contributed by atoms with Crippen molar-refractivity contribution in [2.75, 3.05) is 0 Å². The Morgan fingerprint density at radius 3 is 0.901 bits per heavy atom. The molecule has 0 aliphatic carbocycles. The Kier molecular flexibility index (Phi) is 19.0. The van der Waals surface area contributed by atoms with Crippen LogP contribution in [-0.4, -0.2) is 0 Å². The van der Waals surface area contributed by atoms with E-state index in [-0.39, 0.29) is 0 Å². The monoisotopic (exact) mass is 1880 g/mol. The van der Waals surface area contributed by atoms with E-state index in [0.29, 0.717) is 0 Å². The molecule has 9 heteroatoms. The standard InChI is InChI=1S/C48H28O2S.2C42H24OS2/c1-3-22-43-37(12-1)39-18-6-14-33(45(39)49-43)29-24-26-30(27-25-29)35-16-8-20-41-42-21-9-17-36(48(42)51-47(35)41)32-11-5-10-31(28-32)34-15-7-19-40-38-13-2-4-23-44(38)50-46(34)40;1-3-19-37-29(11-1)30-22-21-26(24-38(30)43-37)25-9-5-10-27(23-25)28-13-6-15-33-35-17-8-18-36(42(35)45-40(28)33)34-16-7-14-32-31-12-2-4-20-39(31)44-41(32)34;1-2-11-25(12-3-1)26-14-6-22-35-38-28(15-10-24-37(38)45-41(26)35)29-16-7-17-30-31-18-8-19-32(40(31)43-39(29)30)34-21-9-20-33-27-13-4-5-23-36(27)44-42(33)34/h1-28H;2*1-24H. The number of hydrogen-bond acceptors (Lipinski definition) is 9. The van der Waals surface area contributed by atoms with Gasteiger partial charge in [-0.2, -0.15) is 0 Å². The van der Waals surface area contributed by atoms with Gasteiger partial charge in [-0.15, -0.1) is 56.7 Å². The van der Waals surface area contributed by atoms with E-state index in [4.69, 9.17) is 17.7 Å². The van der Waals surface area contributed by atoms with Gasteiger partial charge in [0, 0.05) is 183 Å². The van der Waals surface area contributed by atoms with Gasteiger partial charge in [-0.3, -0.25) is 0 Å². The van der Waals surface area contributed by atoms with E-state index in [0.717, 1.165) is 127 Å². The molecule has 0 bridgehead atoms. The van der Waals surface area contributed by atoms with E-state index in [2.05, 4.69) is 425 Å². The van der Waals surface area contributed by atoms with E-state index in [1.54, 1.807) is 0 Å². The molecule has 22 aromatic carbocycles. The second kappa shape index (κ2) is 32.9. The third-order valence-electron chi connectivity index (χ3n) is 28.5. The summed E-state index contributed by atoms with van der Waals surface area (Å²) in [6.07, 6.45) is 0. The number of furan rings is 4. The van der Waals surface area contributed by atoms with Crippen molar-refractivity contribution in [3.05, 3.63) is 461 Å². The minimum atomic E-state index is 0.917. The number of hydrogen-bond donors (Lipinski definition) is 0. The normalized spacial score (nSPS) is 12.0. The molecule has 658 valence electrons. The first-order chi connectivity index (χ1) is 69.9. The third kappa shape index (κ3) is 13.3. The molecule has 0 aliphatic heterocycles. The molecule has 31 rings (SSSR count). The first kappa shape index (κ1) is 81.3. The van der Waals surface area contributed by atoms with Gasteiger partial charge in [-0.05, 0) is 133 Å². The SMILES string of the molecule is c1cc(-c2ccc3c(c2)oc2ccccc23)cc(-c2cccc3c2sc2c(-c4cccc5c4sc4ccccc45)cccc23)c1.c1cc(-c2cccc3c2oc2ccccc23)cc(-c2cccc3c2sc2c(-c4ccc(-c5cccc6c5oc5ccccc56)cc4)cccc23)c1.c1ccc(-c2cccc3c2sc2cccc(-c4cccc5c4oc4c(-c6cccc7c6sc6ccccc67)cccc45)c23)cc1. The van der Waals surface area contributed by atoms with E-state index in [1.807, 2.05) is 93.1 Å². The maximum Gasteiger partial charge on any atom is 0.143 e. The fourth-order valence-electron chi connectivity index (χ4n) is 22.0. The Balaban J connectivity index is 0.000000102. The average molecular weight is 1890 g/mol. The first-order valence-electron chi connectivity index (χ1n) is 47.6. The molecular weight excluding hydrogens is 1810 g/mol. The Hall–Kier alpha value is -16.9. The zero-order chi connectivity index (χ0) is 92.4. The van der Waals surface area contributed by atoms with Crippen LogP contribution in [-0.2, 0) is 0 Å². The second-order valence-electron chi connectivity index (χ2n) is 36.4. The maximum atomic E-state index is 6.99. The van der Waals surface area contributed by atoms with E-state index in [9.17, 15) is 0 Å². The molecule has 4 nitrogen and oxygen atoms in total. The molecule has 0 spiro atoms. The van der Waals surface area contributed by atoms with Gasteiger partial charge in [0.05, 0.1) is 0 Å². The Labute approximate surface area is 828 Å². The van der Waals surface area contributed by atoms with Crippen LogP contribution in [0.4, 0.5) is 0 Å². The third-order valence-corrected chi connectivity index (χ3v) is 34.8. The fourth-order valence-corrected chi connectivity index (χ4v) is 28.5. The molecule has 0 radical (unpaired) electrons. The van der Waals surface area contributed by atoms with Crippen LogP contribution in [0, 0.1) is 0 Å². The van der Waals surface area contributed by atoms with Crippen molar-refractivity contribution in [1.29, 1.82) is 0 Å². The molecule has 0 aliphatic rings. The Morgan fingerprint density at radius 1 is 0.121 bits per heavy atom. The Morgan fingerprint density at radius 2 is 0.383 bits per heavy atom. The number of para-hydroxylation sites is 7. The van der Waals surface area contributed by atoms with Gasteiger partial charge in [0.15, 0.2) is 0 Å². The van der Waals surface area contributed by atoms with Crippen molar-refractivity contribution in [1.82, 2.24) is 0 Å². The van der Waals surface area contributed by atoms with Crippen LogP contribution in [0.25, 0.3) is 300 Å². The Bertz CT molecular complexity index is 10600. The summed E-state index contributed by atoms with van der Waals surface area (Å²) in [7, 11) is 0. The molecular formula is C132H76O4S5. The molecule has 0 saturated carbocycles. The summed E-state index contributed by atoms with van der Waals surface area (Å²) in [5.74, 6) is 0. The molecule has 0 atom stereocenters. The van der Waals surface area contributed by atoms with Crippen molar-refractivity contribution in [3.63, 3.8) is 0 Å². The quantitative estimate of drug-likeness (QED) is 0.137. The van der Waals surface area contributed by atoms with Crippen molar-refractivity contribution in [2.24, 2.45) is 0 Å². The first-order valence-corrected chi connectivity index (χ1v) is 51.7. The summed E-state index contributed by atoms with van der Waals surface area (Å²) in [5, 5.41) is 22.3. The van der Waals surface area contributed by atoms with Crippen LogP contribution >= 0.6 is 56.7 Å². The predicted molar refractivity (Wildman–Crippen MR) is 607 cm³/mol. The molecule has 0 saturated heterocycles. The van der Waals surface area contributed by atoms with Gasteiger partial charge in [0.2, 0.25) is 0 Å². The zero-order valence-corrected chi connectivity index (χ0v) is 79.6.